The standard InChI is InChI=1S/C12H16BrNO3/c1-4-12(15)14-7-8-5-10(16-2)11(17-3)6-9(8)13/h5-6H,4,7H2,1-3H3,(H,14,15). The first-order chi connectivity index (χ1) is 8.12. The first kappa shape index (κ1) is 13.8. The van der Waals surface area contributed by atoms with Gasteiger partial charge in [-0.25, -0.2) is 0 Å². The molecule has 0 saturated carbocycles. The predicted octanol–water partition coefficient (Wildman–Crippen LogP) is 2.49. The van der Waals surface area contributed by atoms with E-state index in [9.17, 15) is 4.79 Å². The van der Waals surface area contributed by atoms with Gasteiger partial charge >= 0.3 is 0 Å². The summed E-state index contributed by atoms with van der Waals surface area (Å²) in [6.07, 6.45) is 0.477. The van der Waals surface area contributed by atoms with E-state index in [1.165, 1.54) is 0 Å². The molecule has 0 unspecified atom stereocenters. The Kier molecular flexibility index (Phi) is 5.28. The smallest absolute Gasteiger partial charge is 0.219 e. The Labute approximate surface area is 109 Å². The molecule has 0 aliphatic heterocycles. The van der Waals surface area contributed by atoms with Gasteiger partial charge in [-0.05, 0) is 17.7 Å². The molecule has 0 aromatic heterocycles. The quantitative estimate of drug-likeness (QED) is 0.909. The van der Waals surface area contributed by atoms with Crippen LogP contribution in [0, 0.1) is 0 Å². The van der Waals surface area contributed by atoms with Crippen LogP contribution in [-0.2, 0) is 11.3 Å². The highest BCUT2D eigenvalue weighted by Crippen LogP contribution is 2.33. The maximum Gasteiger partial charge on any atom is 0.219 e. The summed E-state index contributed by atoms with van der Waals surface area (Å²) in [4.78, 5) is 11.2. The lowest BCUT2D eigenvalue weighted by atomic mass is 10.2. The summed E-state index contributed by atoms with van der Waals surface area (Å²) < 4.78 is 11.3. The van der Waals surface area contributed by atoms with Crippen LogP contribution in [-0.4, -0.2) is 20.1 Å². The molecule has 0 bridgehead atoms. The summed E-state index contributed by atoms with van der Waals surface area (Å²) in [5.41, 5.74) is 0.949. The van der Waals surface area contributed by atoms with Crippen LogP contribution >= 0.6 is 15.9 Å². The van der Waals surface area contributed by atoms with Gasteiger partial charge in [0, 0.05) is 17.4 Å². The van der Waals surface area contributed by atoms with Gasteiger partial charge in [-0.15, -0.1) is 0 Å². The molecule has 5 heteroatoms. The summed E-state index contributed by atoms with van der Waals surface area (Å²) in [6.45, 7) is 2.28. The van der Waals surface area contributed by atoms with Crippen molar-refractivity contribution in [2.75, 3.05) is 14.2 Å². The molecule has 0 saturated heterocycles. The van der Waals surface area contributed by atoms with Gasteiger partial charge in [0.25, 0.3) is 0 Å². The van der Waals surface area contributed by atoms with Crippen molar-refractivity contribution >= 4 is 21.8 Å². The van der Waals surface area contributed by atoms with Crippen LogP contribution in [0.25, 0.3) is 0 Å². The normalized spacial score (nSPS) is 9.88. The number of ether oxygens (including phenoxy) is 2. The lowest BCUT2D eigenvalue weighted by molar-refractivity contribution is -0.120. The Morgan fingerprint density at radius 2 is 1.88 bits per heavy atom. The van der Waals surface area contributed by atoms with Crippen LogP contribution in [0.4, 0.5) is 0 Å². The van der Waals surface area contributed by atoms with Crippen molar-refractivity contribution in [2.45, 2.75) is 19.9 Å². The summed E-state index contributed by atoms with van der Waals surface area (Å²) >= 11 is 3.44. The van der Waals surface area contributed by atoms with Crippen molar-refractivity contribution in [3.63, 3.8) is 0 Å². The summed E-state index contributed by atoms with van der Waals surface area (Å²) in [5, 5.41) is 2.81. The molecule has 0 aliphatic rings. The van der Waals surface area contributed by atoms with E-state index in [4.69, 9.17) is 9.47 Å². The summed E-state index contributed by atoms with van der Waals surface area (Å²) in [5.74, 6) is 1.33. The minimum absolute atomic E-state index is 0.0201. The first-order valence-corrected chi connectivity index (χ1v) is 6.08. The molecule has 1 rings (SSSR count). The van der Waals surface area contributed by atoms with Crippen molar-refractivity contribution in [1.82, 2.24) is 5.32 Å². The minimum atomic E-state index is 0.0201. The van der Waals surface area contributed by atoms with Crippen molar-refractivity contribution in [1.29, 1.82) is 0 Å². The molecule has 0 atom stereocenters. The number of carbonyl (C=O) groups excluding carboxylic acids is 1. The fourth-order valence-electron chi connectivity index (χ4n) is 1.35. The second-order valence-corrected chi connectivity index (χ2v) is 4.28. The molecule has 1 amide bonds. The average Bonchev–Trinajstić information content (AvgIpc) is 2.36. The third-order valence-corrected chi connectivity index (χ3v) is 3.09. The molecular weight excluding hydrogens is 286 g/mol. The van der Waals surface area contributed by atoms with E-state index in [-0.39, 0.29) is 5.91 Å². The molecule has 94 valence electrons. The second kappa shape index (κ2) is 6.49. The number of nitrogens with one attached hydrogen (secondary N) is 1. The molecule has 0 fully saturated rings. The Balaban J connectivity index is 2.89. The van der Waals surface area contributed by atoms with Crippen LogP contribution in [0.15, 0.2) is 16.6 Å². The van der Waals surface area contributed by atoms with Gasteiger partial charge in [0.1, 0.15) is 0 Å². The zero-order valence-corrected chi connectivity index (χ0v) is 11.8. The molecule has 0 aliphatic carbocycles. The largest absolute Gasteiger partial charge is 0.493 e. The molecule has 1 N–H and O–H groups in total. The fraction of sp³-hybridized carbons (Fsp3) is 0.417. The number of amides is 1. The first-order valence-electron chi connectivity index (χ1n) is 5.29. The Hall–Kier alpha value is -1.23. The van der Waals surface area contributed by atoms with Crippen molar-refractivity contribution < 1.29 is 14.3 Å². The van der Waals surface area contributed by atoms with Crippen LogP contribution < -0.4 is 14.8 Å². The number of methoxy groups -OCH3 is 2. The molecule has 0 heterocycles. The van der Waals surface area contributed by atoms with E-state index in [1.807, 2.05) is 19.1 Å². The molecule has 17 heavy (non-hydrogen) atoms. The Bertz CT molecular complexity index is 407. The van der Waals surface area contributed by atoms with Gasteiger partial charge in [0.05, 0.1) is 14.2 Å². The maximum atomic E-state index is 11.2. The summed E-state index contributed by atoms with van der Waals surface area (Å²) in [6, 6.07) is 3.67. The van der Waals surface area contributed by atoms with Crippen LogP contribution in [0.5, 0.6) is 11.5 Å². The zero-order valence-electron chi connectivity index (χ0n) is 10.2. The van der Waals surface area contributed by atoms with E-state index >= 15 is 0 Å². The van der Waals surface area contributed by atoms with E-state index < -0.39 is 0 Å². The Morgan fingerprint density at radius 3 is 2.41 bits per heavy atom. The summed E-state index contributed by atoms with van der Waals surface area (Å²) in [7, 11) is 3.17. The van der Waals surface area contributed by atoms with E-state index in [0.717, 1.165) is 10.0 Å². The van der Waals surface area contributed by atoms with E-state index in [0.29, 0.717) is 24.5 Å². The van der Waals surface area contributed by atoms with Crippen LogP contribution in [0.2, 0.25) is 0 Å². The van der Waals surface area contributed by atoms with E-state index in [2.05, 4.69) is 21.2 Å². The van der Waals surface area contributed by atoms with E-state index in [1.54, 1.807) is 14.2 Å². The molecule has 0 radical (unpaired) electrons. The van der Waals surface area contributed by atoms with Gasteiger partial charge in [-0.1, -0.05) is 22.9 Å². The van der Waals surface area contributed by atoms with Gasteiger partial charge < -0.3 is 14.8 Å². The number of rotatable bonds is 5. The maximum absolute atomic E-state index is 11.2. The molecule has 0 spiro atoms. The highest BCUT2D eigenvalue weighted by Gasteiger charge is 2.09. The number of hydrogen-bond acceptors (Lipinski definition) is 3. The monoisotopic (exact) mass is 301 g/mol. The molecule has 4 nitrogen and oxygen atoms in total. The van der Waals surface area contributed by atoms with Gasteiger partial charge in [0.2, 0.25) is 5.91 Å². The topological polar surface area (TPSA) is 47.6 Å². The van der Waals surface area contributed by atoms with Crippen LogP contribution in [0.1, 0.15) is 18.9 Å². The van der Waals surface area contributed by atoms with Gasteiger partial charge in [0.15, 0.2) is 11.5 Å². The average molecular weight is 302 g/mol. The highest BCUT2D eigenvalue weighted by molar-refractivity contribution is 9.10. The number of benzene rings is 1. The van der Waals surface area contributed by atoms with Crippen molar-refractivity contribution in [2.24, 2.45) is 0 Å². The SMILES string of the molecule is CCC(=O)NCc1cc(OC)c(OC)cc1Br. The fourth-order valence-corrected chi connectivity index (χ4v) is 1.81. The van der Waals surface area contributed by atoms with Gasteiger partial charge in [-0.2, -0.15) is 0 Å². The van der Waals surface area contributed by atoms with Crippen LogP contribution in [0.3, 0.4) is 0 Å². The number of carbonyl (C=O) groups is 1. The molecule has 1 aromatic carbocycles. The zero-order chi connectivity index (χ0) is 12.8. The van der Waals surface area contributed by atoms with Gasteiger partial charge in [-0.3, -0.25) is 4.79 Å². The number of hydrogen-bond donors (Lipinski definition) is 1. The second-order valence-electron chi connectivity index (χ2n) is 3.43. The Morgan fingerprint density at radius 1 is 1.29 bits per heavy atom. The highest BCUT2D eigenvalue weighted by atomic mass is 79.9. The lowest BCUT2D eigenvalue weighted by Gasteiger charge is -2.12. The third kappa shape index (κ3) is 3.63. The lowest BCUT2D eigenvalue weighted by Crippen LogP contribution is -2.21. The molecular formula is C12H16BrNO3. The third-order valence-electron chi connectivity index (χ3n) is 2.35. The minimum Gasteiger partial charge on any atom is -0.493 e. The molecule has 1 aromatic rings. The predicted molar refractivity (Wildman–Crippen MR) is 69.4 cm³/mol. The van der Waals surface area contributed by atoms with Crippen molar-refractivity contribution in [3.8, 4) is 11.5 Å². The number of halogens is 1. The van der Waals surface area contributed by atoms with Crippen molar-refractivity contribution in [3.05, 3.63) is 22.2 Å².